The van der Waals surface area contributed by atoms with Crippen molar-refractivity contribution in [2.75, 3.05) is 13.7 Å². The fourth-order valence-corrected chi connectivity index (χ4v) is 2.19. The third-order valence-electron chi connectivity index (χ3n) is 3.22. The van der Waals surface area contributed by atoms with Gasteiger partial charge in [-0.25, -0.2) is 0 Å². The van der Waals surface area contributed by atoms with Crippen molar-refractivity contribution in [3.8, 4) is 0 Å². The predicted octanol–water partition coefficient (Wildman–Crippen LogP) is 1.05. The second-order valence-corrected chi connectivity index (χ2v) is 4.86. The molecule has 0 heterocycles. The maximum absolute atomic E-state index is 11.4. The number of rotatable bonds is 5. The average molecular weight is 228 g/mol. The van der Waals surface area contributed by atoms with Crippen LogP contribution in [0.3, 0.4) is 0 Å². The van der Waals surface area contributed by atoms with Crippen LogP contribution in [0.25, 0.3) is 0 Å². The van der Waals surface area contributed by atoms with E-state index in [2.05, 4.69) is 5.32 Å². The topological polar surface area (TPSA) is 64.3 Å². The summed E-state index contributed by atoms with van der Waals surface area (Å²) < 4.78 is 5.31. The van der Waals surface area contributed by atoms with Gasteiger partial charge in [-0.05, 0) is 38.5 Å². The lowest BCUT2D eigenvalue weighted by Gasteiger charge is -2.27. The van der Waals surface area contributed by atoms with E-state index in [0.29, 0.717) is 18.4 Å². The first kappa shape index (κ1) is 13.5. The number of nitrogens with two attached hydrogens (primary N) is 1. The fraction of sp³-hybridized carbons (Fsp3) is 0.917. The number of ether oxygens (including phenoxy) is 1. The van der Waals surface area contributed by atoms with Gasteiger partial charge in [0, 0.05) is 26.1 Å². The molecular weight excluding hydrogens is 204 g/mol. The summed E-state index contributed by atoms with van der Waals surface area (Å²) in [5.74, 6) is 0.687. The Hall–Kier alpha value is -0.610. The molecule has 1 saturated carbocycles. The first-order chi connectivity index (χ1) is 7.61. The third kappa shape index (κ3) is 4.94. The van der Waals surface area contributed by atoms with Crippen LogP contribution in [-0.2, 0) is 9.53 Å². The highest BCUT2D eigenvalue weighted by atomic mass is 16.5. The van der Waals surface area contributed by atoms with E-state index >= 15 is 0 Å². The molecule has 0 aliphatic heterocycles. The largest absolute Gasteiger partial charge is 0.381 e. The Kier molecular flexibility index (Phi) is 5.77. The van der Waals surface area contributed by atoms with Gasteiger partial charge < -0.3 is 15.8 Å². The van der Waals surface area contributed by atoms with E-state index in [-0.39, 0.29) is 11.9 Å². The molecular formula is C12H24N2O2. The second-order valence-electron chi connectivity index (χ2n) is 4.86. The molecule has 0 saturated heterocycles. The molecule has 1 rings (SSSR count). The zero-order valence-corrected chi connectivity index (χ0v) is 10.4. The molecule has 1 aliphatic rings. The number of hydrogen-bond acceptors (Lipinski definition) is 3. The average Bonchev–Trinajstić information content (AvgIpc) is 2.26. The normalized spacial score (nSPS) is 27.4. The van der Waals surface area contributed by atoms with Gasteiger partial charge >= 0.3 is 0 Å². The molecule has 16 heavy (non-hydrogen) atoms. The van der Waals surface area contributed by atoms with Crippen molar-refractivity contribution in [1.29, 1.82) is 0 Å². The second kappa shape index (κ2) is 6.86. The van der Waals surface area contributed by atoms with Crippen LogP contribution in [0.5, 0.6) is 0 Å². The monoisotopic (exact) mass is 228 g/mol. The van der Waals surface area contributed by atoms with Gasteiger partial charge in [0.2, 0.25) is 5.91 Å². The molecule has 0 aromatic heterocycles. The quantitative estimate of drug-likeness (QED) is 0.739. The molecule has 1 amide bonds. The molecule has 1 aliphatic carbocycles. The molecule has 0 radical (unpaired) electrons. The van der Waals surface area contributed by atoms with Crippen LogP contribution in [0.15, 0.2) is 0 Å². The van der Waals surface area contributed by atoms with Crippen LogP contribution >= 0.6 is 0 Å². The Morgan fingerprint density at radius 3 is 2.56 bits per heavy atom. The van der Waals surface area contributed by atoms with E-state index in [1.807, 2.05) is 6.92 Å². The SMILES string of the molecule is COC1CCC(CNC(=O)CC(C)N)CC1. The highest BCUT2D eigenvalue weighted by Gasteiger charge is 2.21. The van der Waals surface area contributed by atoms with Crippen molar-refractivity contribution in [2.45, 2.75) is 51.2 Å². The highest BCUT2D eigenvalue weighted by molar-refractivity contribution is 5.76. The van der Waals surface area contributed by atoms with Crippen LogP contribution in [0.1, 0.15) is 39.0 Å². The molecule has 4 nitrogen and oxygen atoms in total. The zero-order valence-electron chi connectivity index (χ0n) is 10.4. The summed E-state index contributed by atoms with van der Waals surface area (Å²) in [6.07, 6.45) is 5.38. The Morgan fingerprint density at radius 1 is 1.44 bits per heavy atom. The molecule has 0 bridgehead atoms. The fourth-order valence-electron chi connectivity index (χ4n) is 2.19. The van der Waals surface area contributed by atoms with E-state index < -0.39 is 0 Å². The summed E-state index contributed by atoms with van der Waals surface area (Å²) in [6, 6.07) is -0.0516. The van der Waals surface area contributed by atoms with Gasteiger partial charge in [-0.1, -0.05) is 0 Å². The lowest BCUT2D eigenvalue weighted by Crippen LogP contribution is -2.35. The lowest BCUT2D eigenvalue weighted by molar-refractivity contribution is -0.121. The molecule has 4 heteroatoms. The van der Waals surface area contributed by atoms with Gasteiger partial charge in [-0.15, -0.1) is 0 Å². The summed E-state index contributed by atoms with van der Waals surface area (Å²) in [5.41, 5.74) is 5.56. The van der Waals surface area contributed by atoms with Crippen molar-refractivity contribution in [2.24, 2.45) is 11.7 Å². The van der Waals surface area contributed by atoms with Crippen LogP contribution < -0.4 is 11.1 Å². The van der Waals surface area contributed by atoms with Crippen molar-refractivity contribution in [3.63, 3.8) is 0 Å². The zero-order chi connectivity index (χ0) is 12.0. The van der Waals surface area contributed by atoms with Crippen LogP contribution in [0, 0.1) is 5.92 Å². The Morgan fingerprint density at radius 2 is 2.06 bits per heavy atom. The summed E-state index contributed by atoms with van der Waals surface area (Å²) >= 11 is 0. The maximum atomic E-state index is 11.4. The van der Waals surface area contributed by atoms with Crippen molar-refractivity contribution < 1.29 is 9.53 Å². The van der Waals surface area contributed by atoms with Gasteiger partial charge in [0.1, 0.15) is 0 Å². The Bertz CT molecular complexity index is 211. The molecule has 0 spiro atoms. The van der Waals surface area contributed by atoms with Gasteiger partial charge in [0.05, 0.1) is 6.10 Å². The smallest absolute Gasteiger partial charge is 0.221 e. The van der Waals surface area contributed by atoms with Crippen molar-refractivity contribution >= 4 is 5.91 Å². The molecule has 0 aromatic carbocycles. The van der Waals surface area contributed by atoms with Crippen LogP contribution in [0.2, 0.25) is 0 Å². The minimum atomic E-state index is -0.0516. The van der Waals surface area contributed by atoms with E-state index in [1.165, 1.54) is 0 Å². The van der Waals surface area contributed by atoms with Gasteiger partial charge in [0.15, 0.2) is 0 Å². The first-order valence-electron chi connectivity index (χ1n) is 6.17. The molecule has 1 unspecified atom stereocenters. The lowest BCUT2D eigenvalue weighted by atomic mass is 9.87. The van der Waals surface area contributed by atoms with Gasteiger partial charge in [0.25, 0.3) is 0 Å². The first-order valence-corrected chi connectivity index (χ1v) is 6.17. The number of amides is 1. The Balaban J connectivity index is 2.12. The summed E-state index contributed by atoms with van der Waals surface area (Å²) in [7, 11) is 1.77. The summed E-state index contributed by atoms with van der Waals surface area (Å²) in [4.78, 5) is 11.4. The minimum Gasteiger partial charge on any atom is -0.381 e. The minimum absolute atomic E-state index is 0.0516. The number of hydrogen-bond donors (Lipinski definition) is 2. The van der Waals surface area contributed by atoms with Gasteiger partial charge in [-0.2, -0.15) is 0 Å². The van der Waals surface area contributed by atoms with E-state index in [0.717, 1.165) is 32.2 Å². The highest BCUT2D eigenvalue weighted by Crippen LogP contribution is 2.25. The molecule has 0 aromatic rings. The van der Waals surface area contributed by atoms with Crippen LogP contribution in [-0.4, -0.2) is 31.7 Å². The summed E-state index contributed by atoms with van der Waals surface area (Å²) in [6.45, 7) is 2.64. The number of methoxy groups -OCH3 is 1. The van der Waals surface area contributed by atoms with E-state index in [9.17, 15) is 4.79 Å². The van der Waals surface area contributed by atoms with E-state index in [1.54, 1.807) is 7.11 Å². The predicted molar refractivity (Wildman–Crippen MR) is 64.0 cm³/mol. The standard InChI is InChI=1S/C12H24N2O2/c1-9(13)7-12(15)14-8-10-3-5-11(16-2)6-4-10/h9-11H,3-8,13H2,1-2H3,(H,14,15). The van der Waals surface area contributed by atoms with Crippen molar-refractivity contribution in [3.05, 3.63) is 0 Å². The molecule has 3 N–H and O–H groups in total. The molecule has 94 valence electrons. The molecule has 1 fully saturated rings. The van der Waals surface area contributed by atoms with E-state index in [4.69, 9.17) is 10.5 Å². The summed E-state index contributed by atoms with van der Waals surface area (Å²) in [5, 5.41) is 2.96. The third-order valence-corrected chi connectivity index (χ3v) is 3.22. The molecule has 1 atom stereocenters. The maximum Gasteiger partial charge on any atom is 0.221 e. The Labute approximate surface area is 97.9 Å². The number of nitrogens with one attached hydrogen (secondary N) is 1. The van der Waals surface area contributed by atoms with Crippen molar-refractivity contribution in [1.82, 2.24) is 5.32 Å². The van der Waals surface area contributed by atoms with Crippen LogP contribution in [0.4, 0.5) is 0 Å². The number of carbonyl (C=O) groups is 1. The number of carbonyl (C=O) groups excluding carboxylic acids is 1. The van der Waals surface area contributed by atoms with Gasteiger partial charge in [-0.3, -0.25) is 4.79 Å².